The van der Waals surface area contributed by atoms with Gasteiger partial charge < -0.3 is 10.1 Å². The summed E-state index contributed by atoms with van der Waals surface area (Å²) in [7, 11) is 0. The molecule has 34 heavy (non-hydrogen) atoms. The van der Waals surface area contributed by atoms with E-state index in [1.807, 2.05) is 12.1 Å². The second kappa shape index (κ2) is 8.39. The van der Waals surface area contributed by atoms with E-state index in [0.717, 1.165) is 15.8 Å². The number of pyridine rings is 1. The summed E-state index contributed by atoms with van der Waals surface area (Å²) >= 11 is 0. The number of hydrogen-bond donors (Lipinski definition) is 3. The van der Waals surface area contributed by atoms with E-state index in [1.54, 1.807) is 37.3 Å². The first kappa shape index (κ1) is 21.3. The van der Waals surface area contributed by atoms with Crippen LogP contribution in [0.25, 0.3) is 33.1 Å². The van der Waals surface area contributed by atoms with Gasteiger partial charge in [-0.25, -0.2) is 24.2 Å². The summed E-state index contributed by atoms with van der Waals surface area (Å²) in [5.41, 5.74) is 2.84. The Morgan fingerprint density at radius 2 is 1.94 bits per heavy atom. The molecule has 9 nitrogen and oxygen atoms in total. The van der Waals surface area contributed by atoms with E-state index in [2.05, 4.69) is 25.1 Å². The van der Waals surface area contributed by atoms with Gasteiger partial charge in [-0.05, 0) is 36.8 Å². The third-order valence-electron chi connectivity index (χ3n) is 5.61. The lowest BCUT2D eigenvalue weighted by Crippen LogP contribution is -2.29. The summed E-state index contributed by atoms with van der Waals surface area (Å²) in [6, 6.07) is 13.5. The smallest absolute Gasteiger partial charge is 0.414 e. The molecule has 0 aliphatic rings. The number of nitrogens with zero attached hydrogens (tertiary/aromatic N) is 4. The third-order valence-corrected chi connectivity index (χ3v) is 5.61. The van der Waals surface area contributed by atoms with E-state index >= 15 is 0 Å². The van der Waals surface area contributed by atoms with Gasteiger partial charge in [-0.3, -0.25) is 9.78 Å². The van der Waals surface area contributed by atoms with Crippen molar-refractivity contribution in [3.8, 4) is 11.3 Å². The molecule has 0 fully saturated rings. The molecule has 3 aromatic heterocycles. The number of amides is 1. The highest BCUT2D eigenvalue weighted by atomic mass is 19.1. The maximum atomic E-state index is 14.8. The molecular formula is C24H19FN6O3. The zero-order chi connectivity index (χ0) is 23.8. The molecule has 170 valence electrons. The van der Waals surface area contributed by atoms with Gasteiger partial charge in [0, 0.05) is 23.9 Å². The summed E-state index contributed by atoms with van der Waals surface area (Å²) in [5, 5.41) is 17.3. The molecular weight excluding hydrogens is 439 g/mol. The summed E-state index contributed by atoms with van der Waals surface area (Å²) < 4.78 is 14.8. The average molecular weight is 458 g/mol. The minimum absolute atomic E-state index is 0.175. The van der Waals surface area contributed by atoms with Crippen LogP contribution in [0.5, 0.6) is 0 Å². The van der Waals surface area contributed by atoms with Gasteiger partial charge in [0.2, 0.25) is 5.95 Å². The van der Waals surface area contributed by atoms with Crippen LogP contribution in [0.4, 0.5) is 15.1 Å². The monoisotopic (exact) mass is 458 g/mol. The quantitative estimate of drug-likeness (QED) is 0.364. The number of carboxylic acid groups (broad SMARTS) is 1. The molecule has 0 unspecified atom stereocenters. The number of rotatable bonds is 5. The lowest BCUT2D eigenvalue weighted by molar-refractivity contribution is 0.202. The van der Waals surface area contributed by atoms with Crippen molar-refractivity contribution in [3.05, 3.63) is 82.2 Å². The lowest BCUT2D eigenvalue weighted by Gasteiger charge is -2.12. The van der Waals surface area contributed by atoms with Crippen molar-refractivity contribution in [2.24, 2.45) is 0 Å². The van der Waals surface area contributed by atoms with Crippen LogP contribution in [0.1, 0.15) is 18.2 Å². The fourth-order valence-corrected chi connectivity index (χ4v) is 3.93. The molecule has 10 heteroatoms. The normalized spacial score (nSPS) is 11.2. The van der Waals surface area contributed by atoms with E-state index < -0.39 is 11.9 Å². The van der Waals surface area contributed by atoms with Crippen molar-refractivity contribution < 1.29 is 14.3 Å². The Hall–Kier alpha value is -4.60. The Bertz CT molecular complexity index is 1610. The maximum Gasteiger partial charge on any atom is 0.414 e. The first-order valence-corrected chi connectivity index (χ1v) is 10.6. The van der Waals surface area contributed by atoms with Crippen molar-refractivity contribution >= 4 is 33.8 Å². The number of benzene rings is 2. The van der Waals surface area contributed by atoms with E-state index in [4.69, 9.17) is 0 Å². The van der Waals surface area contributed by atoms with Crippen molar-refractivity contribution in [1.82, 2.24) is 25.1 Å². The van der Waals surface area contributed by atoms with Crippen LogP contribution in [0, 0.1) is 5.82 Å². The fraction of sp³-hybridized carbons (Fsp3) is 0.125. The summed E-state index contributed by atoms with van der Waals surface area (Å²) in [4.78, 5) is 36.1. The molecule has 2 aromatic carbocycles. The summed E-state index contributed by atoms with van der Waals surface area (Å²) in [6.07, 6.45) is 0.750. The average Bonchev–Trinajstić information content (AvgIpc) is 3.25. The molecule has 5 aromatic rings. The molecule has 3 heterocycles. The van der Waals surface area contributed by atoms with Crippen molar-refractivity contribution in [2.75, 3.05) is 11.4 Å². The van der Waals surface area contributed by atoms with Gasteiger partial charge in [-0.1, -0.05) is 24.3 Å². The Morgan fingerprint density at radius 1 is 1.15 bits per heavy atom. The first-order valence-electron chi connectivity index (χ1n) is 10.6. The molecule has 0 aliphatic carbocycles. The predicted molar refractivity (Wildman–Crippen MR) is 125 cm³/mol. The first-order chi connectivity index (χ1) is 16.4. The molecule has 0 spiro atoms. The van der Waals surface area contributed by atoms with Gasteiger partial charge in [-0.2, -0.15) is 5.10 Å². The molecule has 0 saturated carbocycles. The molecule has 1 amide bonds. The highest BCUT2D eigenvalue weighted by Crippen LogP contribution is 2.27. The molecule has 0 radical (unpaired) electrons. The SMILES string of the molecule is CCN(C(=O)O)c1nc2cc(-c3cc(Cc4n[nH]c(=O)c5ccccc45)ccc3F)ncc2[nH]1. The largest absolute Gasteiger partial charge is 0.465 e. The molecule has 0 saturated heterocycles. The third kappa shape index (κ3) is 3.75. The second-order valence-electron chi connectivity index (χ2n) is 7.71. The number of halogens is 1. The van der Waals surface area contributed by atoms with E-state index in [1.165, 1.54) is 12.3 Å². The van der Waals surface area contributed by atoms with Crippen molar-refractivity contribution in [2.45, 2.75) is 13.3 Å². The number of nitrogens with one attached hydrogen (secondary N) is 2. The van der Waals surface area contributed by atoms with Gasteiger partial charge in [0.05, 0.1) is 34.0 Å². The van der Waals surface area contributed by atoms with Gasteiger partial charge in [0.15, 0.2) is 0 Å². The number of aromatic amines is 2. The fourth-order valence-electron chi connectivity index (χ4n) is 3.93. The van der Waals surface area contributed by atoms with Gasteiger partial charge in [0.25, 0.3) is 5.56 Å². The van der Waals surface area contributed by atoms with Crippen molar-refractivity contribution in [3.63, 3.8) is 0 Å². The van der Waals surface area contributed by atoms with Crippen LogP contribution < -0.4 is 10.5 Å². The lowest BCUT2D eigenvalue weighted by atomic mass is 10.0. The molecule has 5 rings (SSSR count). The molecule has 0 atom stereocenters. The predicted octanol–water partition coefficient (Wildman–Crippen LogP) is 4.10. The number of hydrogen-bond acceptors (Lipinski definition) is 5. The summed E-state index contributed by atoms with van der Waals surface area (Å²) in [6.45, 7) is 1.92. The number of carbonyl (C=O) groups is 1. The number of imidazole rings is 1. The van der Waals surface area contributed by atoms with Crippen LogP contribution in [-0.2, 0) is 6.42 Å². The highest BCUT2D eigenvalue weighted by molar-refractivity contribution is 5.88. The Morgan fingerprint density at radius 3 is 2.71 bits per heavy atom. The number of aromatic nitrogens is 5. The van der Waals surface area contributed by atoms with Crippen LogP contribution in [0.2, 0.25) is 0 Å². The number of fused-ring (bicyclic) bond motifs is 2. The summed E-state index contributed by atoms with van der Waals surface area (Å²) in [5.74, 6) is -0.277. The number of anilines is 1. The van der Waals surface area contributed by atoms with Crippen LogP contribution in [-0.4, -0.2) is 42.9 Å². The zero-order valence-corrected chi connectivity index (χ0v) is 18.0. The van der Waals surface area contributed by atoms with Crippen LogP contribution >= 0.6 is 0 Å². The van der Waals surface area contributed by atoms with Crippen LogP contribution in [0.3, 0.4) is 0 Å². The van der Waals surface area contributed by atoms with Crippen molar-refractivity contribution in [1.29, 1.82) is 0 Å². The van der Waals surface area contributed by atoms with Crippen LogP contribution in [0.15, 0.2) is 59.5 Å². The molecule has 0 aliphatic heterocycles. The molecule has 0 bridgehead atoms. The standard InChI is InChI=1S/C24H19FN6O3/c1-2-31(24(33)34)23-27-20-11-18(26-12-21(20)28-23)16-9-13(7-8-17(16)25)10-19-14-5-3-4-6-15(14)22(32)30-29-19/h3-9,11-12H,2,10H2,1H3,(H,27,28)(H,30,32)(H,33,34). The maximum absolute atomic E-state index is 14.8. The number of H-pyrrole nitrogens is 2. The zero-order valence-electron chi connectivity index (χ0n) is 18.0. The topological polar surface area (TPSA) is 128 Å². The Kier molecular flexibility index (Phi) is 5.25. The van der Waals surface area contributed by atoms with Gasteiger partial charge in [-0.15, -0.1) is 0 Å². The minimum atomic E-state index is -1.13. The van der Waals surface area contributed by atoms with E-state index in [0.29, 0.717) is 34.2 Å². The van der Waals surface area contributed by atoms with E-state index in [-0.39, 0.29) is 23.6 Å². The Balaban J connectivity index is 1.53. The van der Waals surface area contributed by atoms with E-state index in [9.17, 15) is 19.1 Å². The Labute approximate surface area is 191 Å². The highest BCUT2D eigenvalue weighted by Gasteiger charge is 2.18. The van der Waals surface area contributed by atoms with Gasteiger partial charge >= 0.3 is 6.09 Å². The van der Waals surface area contributed by atoms with Gasteiger partial charge in [0.1, 0.15) is 5.82 Å². The second-order valence-corrected chi connectivity index (χ2v) is 7.71. The molecule has 3 N–H and O–H groups in total. The minimum Gasteiger partial charge on any atom is -0.465 e.